The van der Waals surface area contributed by atoms with Crippen LogP contribution in [0.4, 0.5) is 10.1 Å². The highest BCUT2D eigenvalue weighted by Gasteiger charge is 2.25. The maximum Gasteiger partial charge on any atom is 0.340 e. The molecule has 3 rings (SSSR count). The van der Waals surface area contributed by atoms with Crippen LogP contribution in [0.3, 0.4) is 0 Å². The number of nitrogens with zero attached hydrogens (tertiary/aromatic N) is 2. The number of ketones is 1. The smallest absolute Gasteiger partial charge is 0.340 e. The van der Waals surface area contributed by atoms with Crippen molar-refractivity contribution in [2.45, 2.75) is 20.8 Å². The third-order valence-corrected chi connectivity index (χ3v) is 5.04. The number of ether oxygens (including phenoxy) is 2. The first-order chi connectivity index (χ1) is 16.7. The molecular formula is C25H20FN3O6. The normalized spacial score (nSPS) is 11.0. The maximum atomic E-state index is 13.1. The Balaban J connectivity index is 1.96. The number of benzene rings is 2. The number of hydrogen-bond acceptors (Lipinski definition) is 7. The average molecular weight is 477 g/mol. The van der Waals surface area contributed by atoms with E-state index in [-0.39, 0.29) is 40.5 Å². The molecule has 9 nitrogen and oxygen atoms in total. The van der Waals surface area contributed by atoms with Gasteiger partial charge in [-0.15, -0.1) is 0 Å². The number of nitro groups is 1. The molecule has 178 valence electrons. The maximum absolute atomic E-state index is 13.1. The van der Waals surface area contributed by atoms with Gasteiger partial charge >= 0.3 is 11.7 Å². The van der Waals surface area contributed by atoms with Crippen molar-refractivity contribution in [3.63, 3.8) is 0 Å². The highest BCUT2D eigenvalue weighted by Crippen LogP contribution is 2.33. The topological polar surface area (TPSA) is 135 Å². The van der Waals surface area contributed by atoms with E-state index in [1.807, 2.05) is 0 Å². The number of nitrogens with one attached hydrogen (secondary N) is 1. The summed E-state index contributed by atoms with van der Waals surface area (Å²) in [5, 5.41) is 21.2. The van der Waals surface area contributed by atoms with Gasteiger partial charge in [-0.25, -0.2) is 9.18 Å². The van der Waals surface area contributed by atoms with E-state index >= 15 is 0 Å². The molecule has 0 saturated heterocycles. The van der Waals surface area contributed by atoms with Gasteiger partial charge in [-0.05, 0) is 68.3 Å². The van der Waals surface area contributed by atoms with Gasteiger partial charge in [0.25, 0.3) is 0 Å². The minimum atomic E-state index is -0.682. The van der Waals surface area contributed by atoms with Crippen molar-refractivity contribution in [1.82, 2.24) is 4.98 Å². The van der Waals surface area contributed by atoms with Crippen molar-refractivity contribution >= 4 is 23.5 Å². The molecule has 0 aliphatic rings. The van der Waals surface area contributed by atoms with Gasteiger partial charge in [0.1, 0.15) is 23.2 Å². The molecule has 2 aromatic carbocycles. The second-order valence-corrected chi connectivity index (χ2v) is 7.38. The van der Waals surface area contributed by atoms with E-state index in [2.05, 4.69) is 4.98 Å². The first-order valence-electron chi connectivity index (χ1n) is 10.4. The Kier molecular flexibility index (Phi) is 7.41. The molecule has 35 heavy (non-hydrogen) atoms. The molecule has 0 fully saturated rings. The van der Waals surface area contributed by atoms with Gasteiger partial charge in [-0.2, -0.15) is 5.26 Å². The molecule has 0 bridgehead atoms. The number of nitro benzene ring substituents is 1. The Morgan fingerprint density at radius 2 is 1.89 bits per heavy atom. The fourth-order valence-corrected chi connectivity index (χ4v) is 3.42. The lowest BCUT2D eigenvalue weighted by atomic mass is 10.0. The number of aromatic nitrogens is 1. The van der Waals surface area contributed by atoms with Crippen molar-refractivity contribution in [3.8, 4) is 17.6 Å². The summed E-state index contributed by atoms with van der Waals surface area (Å²) in [6.45, 7) is 4.99. The number of carbonyl (C=O) groups excluding carboxylic acids is 2. The molecule has 1 N–H and O–H groups in total. The van der Waals surface area contributed by atoms with Crippen LogP contribution >= 0.6 is 0 Å². The summed E-state index contributed by atoms with van der Waals surface area (Å²) in [6.07, 6.45) is 1.21. The standard InChI is InChI=1S/C25H20FN3O6/c1-4-34-25(31)22-14(2)23(28-15(22)3)24(30)17(13-27)11-16-5-10-21(20(12-16)29(32)33)35-19-8-6-18(26)7-9-19/h5-12,28H,4H2,1-3H3/b17-11-. The van der Waals surface area contributed by atoms with Crippen LogP contribution < -0.4 is 4.74 Å². The molecule has 10 heteroatoms. The number of aromatic amines is 1. The van der Waals surface area contributed by atoms with Crippen molar-refractivity contribution < 1.29 is 28.4 Å². The minimum absolute atomic E-state index is 0.0455. The molecule has 0 unspecified atom stereocenters. The number of aryl methyl sites for hydroxylation is 1. The fourth-order valence-electron chi connectivity index (χ4n) is 3.42. The molecule has 0 saturated carbocycles. The molecular weight excluding hydrogens is 457 g/mol. The number of esters is 1. The summed E-state index contributed by atoms with van der Waals surface area (Å²) in [6, 6.07) is 10.7. The number of allylic oxidation sites excluding steroid dienone is 1. The van der Waals surface area contributed by atoms with Crippen LogP contribution in [0.1, 0.15) is 44.6 Å². The largest absolute Gasteiger partial charge is 0.462 e. The van der Waals surface area contributed by atoms with E-state index in [1.165, 1.54) is 30.3 Å². The van der Waals surface area contributed by atoms with Gasteiger partial charge < -0.3 is 14.5 Å². The highest BCUT2D eigenvalue weighted by molar-refractivity contribution is 6.15. The molecule has 0 aliphatic carbocycles. The Labute approximate surface area is 199 Å². The summed E-state index contributed by atoms with van der Waals surface area (Å²) in [7, 11) is 0. The van der Waals surface area contributed by atoms with Gasteiger partial charge in [-0.3, -0.25) is 14.9 Å². The molecule has 0 aliphatic heterocycles. The van der Waals surface area contributed by atoms with E-state index in [1.54, 1.807) is 26.8 Å². The Morgan fingerprint density at radius 1 is 1.20 bits per heavy atom. The van der Waals surface area contributed by atoms with Gasteiger partial charge in [0.05, 0.1) is 22.8 Å². The average Bonchev–Trinajstić information content (AvgIpc) is 3.13. The SMILES string of the molecule is CCOC(=O)c1c(C)[nH]c(C(=O)/C(C#N)=C\c2ccc(Oc3ccc(F)cc3)c([N+](=O)[O-])c2)c1C. The first-order valence-corrected chi connectivity index (χ1v) is 10.4. The monoisotopic (exact) mass is 477 g/mol. The van der Waals surface area contributed by atoms with Crippen LogP contribution in [0.5, 0.6) is 11.5 Å². The number of H-pyrrole nitrogens is 1. The van der Waals surface area contributed by atoms with E-state index in [0.29, 0.717) is 11.3 Å². The molecule has 0 amide bonds. The number of rotatable bonds is 8. The van der Waals surface area contributed by atoms with Crippen molar-refractivity contribution in [1.29, 1.82) is 5.26 Å². The predicted molar refractivity (Wildman–Crippen MR) is 124 cm³/mol. The summed E-state index contributed by atoms with van der Waals surface area (Å²) in [5.74, 6) is -1.66. The van der Waals surface area contributed by atoms with E-state index in [4.69, 9.17) is 9.47 Å². The van der Waals surface area contributed by atoms with E-state index in [0.717, 1.165) is 18.2 Å². The molecule has 0 atom stereocenters. The Bertz CT molecular complexity index is 1380. The zero-order chi connectivity index (χ0) is 25.7. The Morgan fingerprint density at radius 3 is 2.49 bits per heavy atom. The third kappa shape index (κ3) is 5.42. The lowest BCUT2D eigenvalue weighted by molar-refractivity contribution is -0.385. The lowest BCUT2D eigenvalue weighted by Crippen LogP contribution is -2.08. The van der Waals surface area contributed by atoms with Crippen molar-refractivity contribution in [2.24, 2.45) is 0 Å². The van der Waals surface area contributed by atoms with Crippen LogP contribution in [-0.4, -0.2) is 28.3 Å². The third-order valence-electron chi connectivity index (χ3n) is 5.04. The lowest BCUT2D eigenvalue weighted by Gasteiger charge is -2.07. The molecule has 0 spiro atoms. The van der Waals surface area contributed by atoms with Crippen LogP contribution in [0.25, 0.3) is 6.08 Å². The van der Waals surface area contributed by atoms with Gasteiger partial charge in [0, 0.05) is 11.8 Å². The summed E-state index contributed by atoms with van der Waals surface area (Å²) in [5.41, 5.74) is 0.505. The number of halogens is 1. The Hall–Kier alpha value is -4.78. The zero-order valence-electron chi connectivity index (χ0n) is 19.0. The van der Waals surface area contributed by atoms with Gasteiger partial charge in [0.15, 0.2) is 0 Å². The summed E-state index contributed by atoms with van der Waals surface area (Å²) in [4.78, 5) is 39.0. The van der Waals surface area contributed by atoms with Crippen molar-refractivity contribution in [2.75, 3.05) is 6.61 Å². The quantitative estimate of drug-likeness (QED) is 0.114. The molecule has 0 radical (unpaired) electrons. The highest BCUT2D eigenvalue weighted by atomic mass is 19.1. The number of carbonyl (C=O) groups is 2. The minimum Gasteiger partial charge on any atom is -0.462 e. The number of nitriles is 1. The molecule has 3 aromatic rings. The number of Topliss-reactive ketones (excluding diaryl/α,β-unsaturated/α-hetero) is 1. The van der Waals surface area contributed by atoms with Gasteiger partial charge in [0.2, 0.25) is 11.5 Å². The van der Waals surface area contributed by atoms with Crippen LogP contribution in [-0.2, 0) is 4.74 Å². The first kappa shape index (κ1) is 24.9. The molecule has 1 aromatic heterocycles. The summed E-state index contributed by atoms with van der Waals surface area (Å²) < 4.78 is 23.6. The van der Waals surface area contributed by atoms with Crippen molar-refractivity contribution in [3.05, 3.63) is 92.0 Å². The number of hydrogen-bond donors (Lipinski definition) is 1. The second kappa shape index (κ2) is 10.4. The van der Waals surface area contributed by atoms with Crippen LogP contribution in [0.15, 0.2) is 48.0 Å². The zero-order valence-corrected chi connectivity index (χ0v) is 19.0. The van der Waals surface area contributed by atoms with Crippen LogP contribution in [0, 0.1) is 41.1 Å². The van der Waals surface area contributed by atoms with E-state index < -0.39 is 28.2 Å². The predicted octanol–water partition coefficient (Wildman–Crippen LogP) is 5.44. The molecule has 1 heterocycles. The fraction of sp³-hybridized carbons (Fsp3) is 0.160. The van der Waals surface area contributed by atoms with Crippen LogP contribution in [0.2, 0.25) is 0 Å². The van der Waals surface area contributed by atoms with Gasteiger partial charge in [-0.1, -0.05) is 6.07 Å². The summed E-state index contributed by atoms with van der Waals surface area (Å²) >= 11 is 0. The van der Waals surface area contributed by atoms with E-state index in [9.17, 15) is 29.4 Å². The second-order valence-electron chi connectivity index (χ2n) is 7.38.